The Labute approximate surface area is 105 Å². The summed E-state index contributed by atoms with van der Waals surface area (Å²) in [5.74, 6) is -1.76. The average molecular weight is 253 g/mol. The van der Waals surface area contributed by atoms with Crippen molar-refractivity contribution in [3.63, 3.8) is 0 Å². The van der Waals surface area contributed by atoms with Crippen molar-refractivity contribution >= 4 is 11.9 Å². The molecule has 1 unspecified atom stereocenters. The number of hydrogen-bond donors (Lipinski definition) is 2. The van der Waals surface area contributed by atoms with Crippen molar-refractivity contribution in [3.8, 4) is 0 Å². The van der Waals surface area contributed by atoms with Gasteiger partial charge in [0.1, 0.15) is 5.82 Å². The number of hydrogen-bond acceptors (Lipinski definition) is 2. The lowest BCUT2D eigenvalue weighted by atomic mass is 10.1. The van der Waals surface area contributed by atoms with Crippen LogP contribution in [0.3, 0.4) is 0 Å². The maximum Gasteiger partial charge on any atom is 0.305 e. The Morgan fingerprint density at radius 3 is 2.61 bits per heavy atom. The van der Waals surface area contributed by atoms with Gasteiger partial charge in [0.05, 0.1) is 12.8 Å². The monoisotopic (exact) mass is 253 g/mol. The summed E-state index contributed by atoms with van der Waals surface area (Å²) in [5.41, 5.74) is 0.306. The van der Waals surface area contributed by atoms with Gasteiger partial charge in [-0.3, -0.25) is 9.59 Å². The summed E-state index contributed by atoms with van der Waals surface area (Å²) in [6.07, 6.45) is 0.317. The largest absolute Gasteiger partial charge is 0.481 e. The number of carbonyl (C=O) groups is 2. The van der Waals surface area contributed by atoms with Gasteiger partial charge in [0.15, 0.2) is 0 Å². The first-order chi connectivity index (χ1) is 8.52. The summed E-state index contributed by atoms with van der Waals surface area (Å²) in [4.78, 5) is 22.2. The van der Waals surface area contributed by atoms with Gasteiger partial charge in [0, 0.05) is 6.04 Å². The zero-order valence-corrected chi connectivity index (χ0v) is 10.1. The van der Waals surface area contributed by atoms with E-state index in [-0.39, 0.29) is 18.7 Å². The predicted octanol–water partition coefficient (Wildman–Crippen LogP) is 1.74. The maximum atomic E-state index is 13.3. The fourth-order valence-corrected chi connectivity index (χ4v) is 1.60. The second-order valence-corrected chi connectivity index (χ2v) is 4.04. The topological polar surface area (TPSA) is 66.4 Å². The van der Waals surface area contributed by atoms with Crippen LogP contribution >= 0.6 is 0 Å². The highest BCUT2D eigenvalue weighted by molar-refractivity contribution is 5.79. The van der Waals surface area contributed by atoms with Crippen molar-refractivity contribution in [2.75, 3.05) is 0 Å². The molecule has 0 aliphatic carbocycles. The van der Waals surface area contributed by atoms with Gasteiger partial charge >= 0.3 is 5.97 Å². The van der Waals surface area contributed by atoms with E-state index in [9.17, 15) is 14.0 Å². The second kappa shape index (κ2) is 6.74. The highest BCUT2D eigenvalue weighted by atomic mass is 19.1. The number of carbonyl (C=O) groups excluding carboxylic acids is 1. The molecule has 0 heterocycles. The first-order valence-electron chi connectivity index (χ1n) is 5.77. The number of benzene rings is 1. The fourth-order valence-electron chi connectivity index (χ4n) is 1.60. The van der Waals surface area contributed by atoms with Crippen molar-refractivity contribution in [3.05, 3.63) is 35.6 Å². The van der Waals surface area contributed by atoms with Crippen LogP contribution in [0.1, 0.15) is 25.3 Å². The quantitative estimate of drug-likeness (QED) is 0.811. The third-order valence-electron chi connectivity index (χ3n) is 2.59. The van der Waals surface area contributed by atoms with Gasteiger partial charge in [-0.15, -0.1) is 0 Å². The number of nitrogens with one attached hydrogen (secondary N) is 1. The van der Waals surface area contributed by atoms with Crippen LogP contribution in [0, 0.1) is 5.82 Å². The molecule has 1 rings (SSSR count). The Morgan fingerprint density at radius 1 is 1.39 bits per heavy atom. The second-order valence-electron chi connectivity index (χ2n) is 4.04. The lowest BCUT2D eigenvalue weighted by molar-refractivity contribution is -0.137. The number of amides is 1. The molecule has 98 valence electrons. The molecule has 1 aromatic carbocycles. The molecule has 0 saturated carbocycles. The molecule has 4 nitrogen and oxygen atoms in total. The minimum atomic E-state index is -0.965. The number of halogens is 1. The Kier molecular flexibility index (Phi) is 5.30. The minimum absolute atomic E-state index is 0.0806. The summed E-state index contributed by atoms with van der Waals surface area (Å²) in [6.45, 7) is 1.79. The summed E-state index contributed by atoms with van der Waals surface area (Å²) in [5, 5.41) is 11.2. The van der Waals surface area contributed by atoms with Crippen molar-refractivity contribution in [1.82, 2.24) is 5.32 Å². The van der Waals surface area contributed by atoms with Gasteiger partial charge < -0.3 is 10.4 Å². The standard InChI is InChI=1S/C13H16FNO3/c1-2-10(8-13(17)18)15-12(16)7-9-5-3-4-6-11(9)14/h3-6,10H,2,7-8H2,1H3,(H,15,16)(H,17,18). The van der Waals surface area contributed by atoms with E-state index in [1.165, 1.54) is 12.1 Å². The summed E-state index contributed by atoms with van der Waals surface area (Å²) in [6, 6.07) is 5.61. The first-order valence-corrected chi connectivity index (χ1v) is 5.77. The zero-order chi connectivity index (χ0) is 13.5. The number of rotatable bonds is 6. The molecule has 1 aromatic rings. The van der Waals surface area contributed by atoms with E-state index >= 15 is 0 Å². The summed E-state index contributed by atoms with van der Waals surface area (Å²) >= 11 is 0. The molecular formula is C13H16FNO3. The molecule has 18 heavy (non-hydrogen) atoms. The molecule has 1 amide bonds. The molecule has 0 bridgehead atoms. The third-order valence-corrected chi connectivity index (χ3v) is 2.59. The van der Waals surface area contributed by atoms with Gasteiger partial charge in [0.25, 0.3) is 0 Å². The molecular weight excluding hydrogens is 237 g/mol. The van der Waals surface area contributed by atoms with E-state index in [2.05, 4.69) is 5.32 Å². The SMILES string of the molecule is CCC(CC(=O)O)NC(=O)Cc1ccccc1F. The number of aliphatic carboxylic acids is 1. The molecule has 0 aromatic heterocycles. The van der Waals surface area contributed by atoms with Crippen LogP contribution in [0.4, 0.5) is 4.39 Å². The van der Waals surface area contributed by atoms with Crippen LogP contribution in [0.5, 0.6) is 0 Å². The van der Waals surface area contributed by atoms with E-state index in [1.54, 1.807) is 19.1 Å². The summed E-state index contributed by atoms with van der Waals surface area (Å²) < 4.78 is 13.3. The third kappa shape index (κ3) is 4.53. The van der Waals surface area contributed by atoms with Gasteiger partial charge in [-0.05, 0) is 18.1 Å². The number of carboxylic acids is 1. The van der Waals surface area contributed by atoms with Crippen LogP contribution in [-0.4, -0.2) is 23.0 Å². The summed E-state index contributed by atoms with van der Waals surface area (Å²) in [7, 11) is 0. The van der Waals surface area contributed by atoms with Gasteiger partial charge in [-0.1, -0.05) is 25.1 Å². The van der Waals surface area contributed by atoms with Crippen LogP contribution in [0.2, 0.25) is 0 Å². The van der Waals surface area contributed by atoms with Gasteiger partial charge in [0.2, 0.25) is 5.91 Å². The number of carboxylic acid groups (broad SMARTS) is 1. The molecule has 1 atom stereocenters. The zero-order valence-electron chi connectivity index (χ0n) is 10.1. The van der Waals surface area contributed by atoms with Crippen LogP contribution in [0.15, 0.2) is 24.3 Å². The molecule has 0 fully saturated rings. The minimum Gasteiger partial charge on any atom is -0.481 e. The van der Waals surface area contributed by atoms with Gasteiger partial charge in [-0.25, -0.2) is 4.39 Å². The van der Waals surface area contributed by atoms with E-state index in [0.29, 0.717) is 12.0 Å². The van der Waals surface area contributed by atoms with Crippen LogP contribution < -0.4 is 5.32 Å². The lowest BCUT2D eigenvalue weighted by Gasteiger charge is -2.14. The van der Waals surface area contributed by atoms with Crippen molar-refractivity contribution in [1.29, 1.82) is 0 Å². The van der Waals surface area contributed by atoms with E-state index in [0.717, 1.165) is 0 Å². The fraction of sp³-hybridized carbons (Fsp3) is 0.385. The molecule has 0 radical (unpaired) electrons. The molecule has 0 spiro atoms. The van der Waals surface area contributed by atoms with Crippen molar-refractivity contribution in [2.45, 2.75) is 32.2 Å². The Morgan fingerprint density at radius 2 is 2.06 bits per heavy atom. The molecule has 0 aliphatic rings. The van der Waals surface area contributed by atoms with Gasteiger partial charge in [-0.2, -0.15) is 0 Å². The van der Waals surface area contributed by atoms with Crippen molar-refractivity contribution in [2.24, 2.45) is 0 Å². The Balaban J connectivity index is 2.55. The van der Waals surface area contributed by atoms with Crippen LogP contribution in [-0.2, 0) is 16.0 Å². The highest BCUT2D eigenvalue weighted by Gasteiger charge is 2.15. The normalized spacial score (nSPS) is 11.9. The van der Waals surface area contributed by atoms with E-state index < -0.39 is 17.8 Å². The average Bonchev–Trinajstić information content (AvgIpc) is 2.30. The smallest absolute Gasteiger partial charge is 0.305 e. The Bertz CT molecular complexity index is 434. The first kappa shape index (κ1) is 14.2. The lowest BCUT2D eigenvalue weighted by Crippen LogP contribution is -2.37. The highest BCUT2D eigenvalue weighted by Crippen LogP contribution is 2.07. The molecule has 0 aliphatic heterocycles. The Hall–Kier alpha value is -1.91. The van der Waals surface area contributed by atoms with Crippen LogP contribution in [0.25, 0.3) is 0 Å². The van der Waals surface area contributed by atoms with Crippen molar-refractivity contribution < 1.29 is 19.1 Å². The predicted molar refractivity (Wildman–Crippen MR) is 64.6 cm³/mol. The maximum absolute atomic E-state index is 13.3. The van der Waals surface area contributed by atoms with E-state index in [1.807, 2.05) is 0 Å². The molecule has 0 saturated heterocycles. The molecule has 2 N–H and O–H groups in total. The van der Waals surface area contributed by atoms with E-state index in [4.69, 9.17) is 5.11 Å². The molecule has 5 heteroatoms.